The molecule has 2 aliphatic heterocycles. The molecule has 3 heterocycles. The molecule has 0 radical (unpaired) electrons. The van der Waals surface area contributed by atoms with Crippen molar-refractivity contribution in [3.8, 4) is 12.3 Å². The zero-order valence-electron chi connectivity index (χ0n) is 11.4. The second kappa shape index (κ2) is 5.65. The third-order valence-corrected chi connectivity index (χ3v) is 3.82. The molecule has 1 fully saturated rings. The summed E-state index contributed by atoms with van der Waals surface area (Å²) >= 11 is 0. The van der Waals surface area contributed by atoms with Gasteiger partial charge in [-0.1, -0.05) is 5.92 Å². The monoisotopic (exact) mass is 274 g/mol. The maximum absolute atomic E-state index is 12.6. The molecule has 2 aliphatic rings. The molecule has 0 unspecified atom stereocenters. The fourth-order valence-electron chi connectivity index (χ4n) is 2.67. The van der Waals surface area contributed by atoms with Crippen molar-refractivity contribution in [3.63, 3.8) is 0 Å². The summed E-state index contributed by atoms with van der Waals surface area (Å²) in [4.78, 5) is 20.9. The number of carbonyl (C=O) groups is 1. The predicted octanol–water partition coefficient (Wildman–Crippen LogP) is -0.196. The highest BCUT2D eigenvalue weighted by Crippen LogP contribution is 2.14. The van der Waals surface area contributed by atoms with Gasteiger partial charge in [0.25, 0.3) is 5.91 Å². The van der Waals surface area contributed by atoms with Crippen LogP contribution in [0.3, 0.4) is 0 Å². The van der Waals surface area contributed by atoms with Crippen LogP contribution in [-0.2, 0) is 17.9 Å². The average molecular weight is 274 g/mol. The van der Waals surface area contributed by atoms with Crippen molar-refractivity contribution in [2.45, 2.75) is 13.2 Å². The van der Waals surface area contributed by atoms with Crippen LogP contribution in [0.5, 0.6) is 0 Å². The van der Waals surface area contributed by atoms with Gasteiger partial charge in [0.05, 0.1) is 19.3 Å². The minimum absolute atomic E-state index is 0.0611. The number of fused-ring (bicyclic) bond motifs is 1. The molecule has 0 spiro atoms. The summed E-state index contributed by atoms with van der Waals surface area (Å²) in [6, 6.07) is 0. The Hall–Kier alpha value is -1.84. The molecule has 1 aromatic heterocycles. The van der Waals surface area contributed by atoms with Gasteiger partial charge in [-0.15, -0.1) is 6.42 Å². The Balaban J connectivity index is 1.68. The lowest BCUT2D eigenvalue weighted by Crippen LogP contribution is -2.49. The minimum atomic E-state index is 0.0611. The highest BCUT2D eigenvalue weighted by atomic mass is 16.5. The van der Waals surface area contributed by atoms with E-state index in [1.165, 1.54) is 0 Å². The van der Waals surface area contributed by atoms with E-state index >= 15 is 0 Å². The van der Waals surface area contributed by atoms with Gasteiger partial charge in [0, 0.05) is 32.7 Å². The molecule has 20 heavy (non-hydrogen) atoms. The number of carbonyl (C=O) groups excluding carboxylic acids is 1. The van der Waals surface area contributed by atoms with Crippen LogP contribution in [0, 0.1) is 12.3 Å². The summed E-state index contributed by atoms with van der Waals surface area (Å²) in [7, 11) is 0. The summed E-state index contributed by atoms with van der Waals surface area (Å²) in [5.41, 5.74) is 0.675. The first kappa shape index (κ1) is 13.2. The second-order valence-corrected chi connectivity index (χ2v) is 5.04. The lowest BCUT2D eigenvalue weighted by molar-refractivity contribution is 0.0608. The summed E-state index contributed by atoms with van der Waals surface area (Å²) in [5.74, 6) is 3.54. The third-order valence-electron chi connectivity index (χ3n) is 3.82. The number of hydrogen-bond acceptors (Lipinski definition) is 4. The van der Waals surface area contributed by atoms with Gasteiger partial charge in [0.1, 0.15) is 18.1 Å². The molecule has 1 saturated heterocycles. The molecule has 0 atom stereocenters. The molecule has 1 amide bonds. The van der Waals surface area contributed by atoms with E-state index < -0.39 is 0 Å². The fourth-order valence-corrected chi connectivity index (χ4v) is 2.67. The lowest BCUT2D eigenvalue weighted by atomic mass is 10.2. The molecule has 106 valence electrons. The zero-order valence-corrected chi connectivity index (χ0v) is 11.4. The Bertz CT molecular complexity index is 538. The Labute approximate surface area is 118 Å². The van der Waals surface area contributed by atoms with Crippen molar-refractivity contribution in [2.75, 3.05) is 39.3 Å². The van der Waals surface area contributed by atoms with Crippen LogP contribution in [0.1, 0.15) is 16.3 Å². The van der Waals surface area contributed by atoms with E-state index in [9.17, 15) is 4.79 Å². The van der Waals surface area contributed by atoms with Gasteiger partial charge < -0.3 is 14.2 Å². The van der Waals surface area contributed by atoms with Crippen LogP contribution in [-0.4, -0.2) is 64.6 Å². The number of ether oxygens (including phenoxy) is 1. The van der Waals surface area contributed by atoms with Crippen LogP contribution < -0.4 is 0 Å². The summed E-state index contributed by atoms with van der Waals surface area (Å²) in [6.45, 7) is 5.59. The topological polar surface area (TPSA) is 50.6 Å². The summed E-state index contributed by atoms with van der Waals surface area (Å²) < 4.78 is 7.31. The Morgan fingerprint density at radius 3 is 2.90 bits per heavy atom. The van der Waals surface area contributed by atoms with E-state index in [1.807, 2.05) is 9.47 Å². The molecule has 3 rings (SSSR count). The maximum Gasteiger partial charge on any atom is 0.272 e. The molecule has 0 N–H and O–H groups in total. The SMILES string of the molecule is C#CCN1CCN(C(=O)c2cnc3n2CCOC3)CC1. The largest absolute Gasteiger partial charge is 0.372 e. The van der Waals surface area contributed by atoms with Crippen molar-refractivity contribution in [1.82, 2.24) is 19.4 Å². The normalized spacial score (nSPS) is 19.4. The first-order valence-electron chi connectivity index (χ1n) is 6.87. The van der Waals surface area contributed by atoms with Crippen molar-refractivity contribution < 1.29 is 9.53 Å². The minimum Gasteiger partial charge on any atom is -0.372 e. The Kier molecular flexibility index (Phi) is 3.72. The van der Waals surface area contributed by atoms with Crippen LogP contribution in [0.2, 0.25) is 0 Å². The quantitative estimate of drug-likeness (QED) is 0.701. The van der Waals surface area contributed by atoms with Crippen molar-refractivity contribution in [3.05, 3.63) is 17.7 Å². The number of hydrogen-bond donors (Lipinski definition) is 0. The molecular formula is C14H18N4O2. The average Bonchev–Trinajstić information content (AvgIpc) is 2.92. The number of terminal acetylenes is 1. The zero-order chi connectivity index (χ0) is 13.9. The van der Waals surface area contributed by atoms with Gasteiger partial charge >= 0.3 is 0 Å². The molecule has 6 nitrogen and oxygen atoms in total. The number of imidazole rings is 1. The van der Waals surface area contributed by atoms with Crippen LogP contribution >= 0.6 is 0 Å². The van der Waals surface area contributed by atoms with Crippen LogP contribution in [0.25, 0.3) is 0 Å². The van der Waals surface area contributed by atoms with Gasteiger partial charge in [-0.3, -0.25) is 9.69 Å². The number of amides is 1. The van der Waals surface area contributed by atoms with Gasteiger partial charge in [0.15, 0.2) is 0 Å². The van der Waals surface area contributed by atoms with E-state index in [0.717, 1.165) is 32.0 Å². The second-order valence-electron chi connectivity index (χ2n) is 5.04. The predicted molar refractivity (Wildman–Crippen MR) is 73.1 cm³/mol. The Morgan fingerprint density at radius 2 is 2.15 bits per heavy atom. The number of nitrogens with zero attached hydrogens (tertiary/aromatic N) is 4. The molecule has 0 saturated carbocycles. The summed E-state index contributed by atoms with van der Waals surface area (Å²) in [5, 5.41) is 0. The van der Waals surface area contributed by atoms with E-state index in [2.05, 4.69) is 15.8 Å². The van der Waals surface area contributed by atoms with Gasteiger partial charge in [-0.25, -0.2) is 4.98 Å². The van der Waals surface area contributed by atoms with Gasteiger partial charge in [0.2, 0.25) is 0 Å². The third kappa shape index (κ3) is 2.42. The fraction of sp³-hybridized carbons (Fsp3) is 0.571. The van der Waals surface area contributed by atoms with Gasteiger partial charge in [-0.2, -0.15) is 0 Å². The van der Waals surface area contributed by atoms with Crippen molar-refractivity contribution in [1.29, 1.82) is 0 Å². The molecule has 6 heteroatoms. The highest BCUT2D eigenvalue weighted by molar-refractivity contribution is 5.92. The van der Waals surface area contributed by atoms with E-state index in [0.29, 0.717) is 32.0 Å². The van der Waals surface area contributed by atoms with Gasteiger partial charge in [-0.05, 0) is 0 Å². The highest BCUT2D eigenvalue weighted by Gasteiger charge is 2.26. The van der Waals surface area contributed by atoms with E-state index in [-0.39, 0.29) is 5.91 Å². The van der Waals surface area contributed by atoms with Crippen molar-refractivity contribution >= 4 is 5.91 Å². The molecule has 0 bridgehead atoms. The van der Waals surface area contributed by atoms with Crippen LogP contribution in [0.15, 0.2) is 6.20 Å². The molecule has 0 aliphatic carbocycles. The standard InChI is InChI=1S/C14H18N4O2/c1-2-3-16-4-6-17(7-5-16)14(19)12-10-15-13-11-20-9-8-18(12)13/h1,10H,3-9,11H2. The lowest BCUT2D eigenvalue weighted by Gasteiger charge is -2.33. The molecular weight excluding hydrogens is 256 g/mol. The van der Waals surface area contributed by atoms with Crippen LogP contribution in [0.4, 0.5) is 0 Å². The first-order chi connectivity index (χ1) is 9.79. The smallest absolute Gasteiger partial charge is 0.272 e. The number of piperazine rings is 1. The first-order valence-corrected chi connectivity index (χ1v) is 6.87. The summed E-state index contributed by atoms with van der Waals surface area (Å²) in [6.07, 6.45) is 6.98. The Morgan fingerprint density at radius 1 is 1.35 bits per heavy atom. The molecule has 1 aromatic rings. The number of aromatic nitrogens is 2. The maximum atomic E-state index is 12.6. The van der Waals surface area contributed by atoms with Crippen molar-refractivity contribution in [2.24, 2.45) is 0 Å². The molecule has 0 aromatic carbocycles. The number of rotatable bonds is 2. The van der Waals surface area contributed by atoms with E-state index in [1.54, 1.807) is 6.20 Å². The van der Waals surface area contributed by atoms with E-state index in [4.69, 9.17) is 11.2 Å².